The Bertz CT molecular complexity index is 400. The van der Waals surface area contributed by atoms with Gasteiger partial charge in [-0.25, -0.2) is 4.39 Å². The van der Waals surface area contributed by atoms with Crippen molar-refractivity contribution in [3.63, 3.8) is 0 Å². The van der Waals surface area contributed by atoms with Gasteiger partial charge in [-0.3, -0.25) is 9.78 Å². The molecule has 1 N–H and O–H groups in total. The number of nitrogens with one attached hydrogen (secondary N) is 1. The van der Waals surface area contributed by atoms with Crippen molar-refractivity contribution in [3.8, 4) is 6.07 Å². The summed E-state index contributed by atoms with van der Waals surface area (Å²) in [7, 11) is 0. The van der Waals surface area contributed by atoms with E-state index in [4.69, 9.17) is 5.26 Å². The molecule has 78 valence electrons. The molecule has 0 bridgehead atoms. The van der Waals surface area contributed by atoms with Crippen LogP contribution in [0.4, 0.5) is 4.39 Å². The van der Waals surface area contributed by atoms with E-state index < -0.39 is 17.8 Å². The molecule has 0 spiro atoms. The molecule has 1 aromatic heterocycles. The molecule has 1 atom stereocenters. The maximum Gasteiger partial charge on any atom is 0.255 e. The van der Waals surface area contributed by atoms with Crippen LogP contribution in [0.25, 0.3) is 0 Å². The van der Waals surface area contributed by atoms with Crippen molar-refractivity contribution in [1.82, 2.24) is 10.3 Å². The summed E-state index contributed by atoms with van der Waals surface area (Å²) < 4.78 is 13.1. The Kier molecular flexibility index (Phi) is 3.75. The fourth-order valence-electron chi connectivity index (χ4n) is 1.02. The number of amides is 1. The minimum Gasteiger partial charge on any atom is -0.336 e. The lowest BCUT2D eigenvalue weighted by molar-refractivity contribution is 0.0940. The molecule has 1 aromatic rings. The number of carbonyl (C=O) groups excluding carboxylic acids is 1. The average molecular weight is 207 g/mol. The van der Waals surface area contributed by atoms with Gasteiger partial charge in [0.1, 0.15) is 6.04 Å². The van der Waals surface area contributed by atoms with Crippen LogP contribution >= 0.6 is 0 Å². The van der Waals surface area contributed by atoms with Gasteiger partial charge in [0, 0.05) is 6.20 Å². The number of hydrogen-bond acceptors (Lipinski definition) is 3. The summed E-state index contributed by atoms with van der Waals surface area (Å²) in [4.78, 5) is 15.0. The van der Waals surface area contributed by atoms with Gasteiger partial charge in [-0.15, -0.1) is 0 Å². The van der Waals surface area contributed by atoms with E-state index in [1.807, 2.05) is 6.07 Å². The third-order valence-electron chi connectivity index (χ3n) is 1.89. The Hall–Kier alpha value is -1.96. The zero-order valence-electron chi connectivity index (χ0n) is 8.20. The number of pyridine rings is 1. The fourth-order valence-corrected chi connectivity index (χ4v) is 1.02. The van der Waals surface area contributed by atoms with Gasteiger partial charge in [0.2, 0.25) is 0 Å². The fraction of sp³-hybridized carbons (Fsp3) is 0.300. The Labute approximate surface area is 86.7 Å². The van der Waals surface area contributed by atoms with Crippen LogP contribution in [-0.2, 0) is 0 Å². The summed E-state index contributed by atoms with van der Waals surface area (Å²) in [5.74, 6) is -1.29. The van der Waals surface area contributed by atoms with E-state index in [0.717, 1.165) is 6.20 Å². The van der Waals surface area contributed by atoms with Gasteiger partial charge in [0.15, 0.2) is 5.82 Å². The molecule has 1 unspecified atom stereocenters. The first-order valence-electron chi connectivity index (χ1n) is 4.49. The van der Waals surface area contributed by atoms with Crippen molar-refractivity contribution in [1.29, 1.82) is 5.26 Å². The van der Waals surface area contributed by atoms with E-state index in [2.05, 4.69) is 10.3 Å². The van der Waals surface area contributed by atoms with E-state index in [9.17, 15) is 9.18 Å². The molecule has 0 fully saturated rings. The van der Waals surface area contributed by atoms with Gasteiger partial charge in [-0.2, -0.15) is 5.26 Å². The second-order valence-electron chi connectivity index (χ2n) is 2.92. The van der Waals surface area contributed by atoms with E-state index in [1.54, 1.807) is 6.92 Å². The van der Waals surface area contributed by atoms with Crippen molar-refractivity contribution in [2.45, 2.75) is 19.4 Å². The van der Waals surface area contributed by atoms with Crippen molar-refractivity contribution >= 4 is 5.91 Å². The zero-order valence-corrected chi connectivity index (χ0v) is 8.20. The average Bonchev–Trinajstić information content (AvgIpc) is 2.26. The lowest BCUT2D eigenvalue weighted by Crippen LogP contribution is -2.33. The quantitative estimate of drug-likeness (QED) is 0.811. The SMILES string of the molecule is CCC(C#N)NC(=O)c1ccncc1F. The molecule has 0 saturated carbocycles. The Balaban J connectivity index is 2.79. The van der Waals surface area contributed by atoms with Gasteiger partial charge in [-0.05, 0) is 12.5 Å². The number of halogens is 1. The summed E-state index contributed by atoms with van der Waals surface area (Å²) >= 11 is 0. The standard InChI is InChI=1S/C10H10FN3O/c1-2-7(5-12)14-10(15)8-3-4-13-6-9(8)11/h3-4,6-7H,2H2,1H3,(H,14,15). The highest BCUT2D eigenvalue weighted by atomic mass is 19.1. The maximum atomic E-state index is 13.1. The number of hydrogen-bond donors (Lipinski definition) is 1. The van der Waals surface area contributed by atoms with Crippen LogP contribution in [0.15, 0.2) is 18.5 Å². The first-order chi connectivity index (χ1) is 7.19. The van der Waals surface area contributed by atoms with Gasteiger partial charge < -0.3 is 5.32 Å². The predicted octanol–water partition coefficient (Wildman–Crippen LogP) is 1.25. The lowest BCUT2D eigenvalue weighted by Gasteiger charge is -2.08. The Morgan fingerprint density at radius 3 is 3.07 bits per heavy atom. The first kappa shape index (κ1) is 11.1. The summed E-state index contributed by atoms with van der Waals surface area (Å²) in [6.07, 6.45) is 2.77. The number of aromatic nitrogens is 1. The molecule has 0 aliphatic rings. The highest BCUT2D eigenvalue weighted by molar-refractivity contribution is 5.94. The van der Waals surface area contributed by atoms with Crippen LogP contribution in [0.2, 0.25) is 0 Å². The molecule has 0 saturated heterocycles. The monoisotopic (exact) mass is 207 g/mol. The third-order valence-corrected chi connectivity index (χ3v) is 1.89. The summed E-state index contributed by atoms with van der Waals surface area (Å²) in [5, 5.41) is 11.0. The van der Waals surface area contributed by atoms with Crippen molar-refractivity contribution in [2.24, 2.45) is 0 Å². The van der Waals surface area contributed by atoms with E-state index in [1.165, 1.54) is 12.3 Å². The molecule has 5 heteroatoms. The largest absolute Gasteiger partial charge is 0.336 e. The number of rotatable bonds is 3. The molecule has 1 rings (SSSR count). The van der Waals surface area contributed by atoms with Crippen LogP contribution in [0, 0.1) is 17.1 Å². The first-order valence-corrected chi connectivity index (χ1v) is 4.49. The summed E-state index contributed by atoms with van der Waals surface area (Å²) in [5.41, 5.74) is -0.0984. The molecule has 0 radical (unpaired) electrons. The maximum absolute atomic E-state index is 13.1. The Morgan fingerprint density at radius 1 is 1.80 bits per heavy atom. The normalized spacial score (nSPS) is 11.5. The minimum atomic E-state index is -0.692. The van der Waals surface area contributed by atoms with E-state index >= 15 is 0 Å². The molecule has 1 heterocycles. The van der Waals surface area contributed by atoms with Gasteiger partial charge in [0.25, 0.3) is 5.91 Å². The second kappa shape index (κ2) is 5.05. The van der Waals surface area contributed by atoms with Crippen LogP contribution in [-0.4, -0.2) is 16.9 Å². The van der Waals surface area contributed by atoms with Crippen LogP contribution < -0.4 is 5.32 Å². The Morgan fingerprint density at radius 2 is 2.53 bits per heavy atom. The molecule has 4 nitrogen and oxygen atoms in total. The summed E-state index contributed by atoms with van der Waals surface area (Å²) in [6, 6.07) is 2.58. The second-order valence-corrected chi connectivity index (χ2v) is 2.92. The van der Waals surface area contributed by atoms with Crippen molar-refractivity contribution < 1.29 is 9.18 Å². The van der Waals surface area contributed by atoms with E-state index in [-0.39, 0.29) is 5.56 Å². The van der Waals surface area contributed by atoms with Crippen LogP contribution in [0.1, 0.15) is 23.7 Å². The molecule has 15 heavy (non-hydrogen) atoms. The third kappa shape index (κ3) is 2.74. The highest BCUT2D eigenvalue weighted by Crippen LogP contribution is 2.04. The van der Waals surface area contributed by atoms with Gasteiger partial charge in [0.05, 0.1) is 17.8 Å². The number of carbonyl (C=O) groups is 1. The predicted molar refractivity (Wildman–Crippen MR) is 51.4 cm³/mol. The van der Waals surface area contributed by atoms with Crippen molar-refractivity contribution in [2.75, 3.05) is 0 Å². The van der Waals surface area contributed by atoms with Crippen molar-refractivity contribution in [3.05, 3.63) is 29.8 Å². The summed E-state index contributed by atoms with van der Waals surface area (Å²) in [6.45, 7) is 1.76. The molecule has 0 aliphatic carbocycles. The number of nitrogens with zero attached hydrogens (tertiary/aromatic N) is 2. The van der Waals surface area contributed by atoms with Crippen LogP contribution in [0.3, 0.4) is 0 Å². The van der Waals surface area contributed by atoms with E-state index in [0.29, 0.717) is 6.42 Å². The van der Waals surface area contributed by atoms with Gasteiger partial charge in [-0.1, -0.05) is 6.92 Å². The molecular weight excluding hydrogens is 197 g/mol. The smallest absolute Gasteiger partial charge is 0.255 e. The topological polar surface area (TPSA) is 65.8 Å². The minimum absolute atomic E-state index is 0.0984. The number of nitriles is 1. The lowest BCUT2D eigenvalue weighted by atomic mass is 10.2. The van der Waals surface area contributed by atoms with Crippen LogP contribution in [0.5, 0.6) is 0 Å². The molecular formula is C10H10FN3O. The zero-order chi connectivity index (χ0) is 11.3. The molecule has 0 aliphatic heterocycles. The molecule has 1 amide bonds. The highest BCUT2D eigenvalue weighted by Gasteiger charge is 2.14. The molecule has 0 aromatic carbocycles. The van der Waals surface area contributed by atoms with Gasteiger partial charge >= 0.3 is 0 Å².